The minimum absolute atomic E-state index is 0.184. The first-order chi connectivity index (χ1) is 12.2. The van der Waals surface area contributed by atoms with Crippen molar-refractivity contribution < 1.29 is 13.2 Å². The maximum atomic E-state index is 12.4. The number of aromatic amines is 1. The molecule has 0 unspecified atom stereocenters. The van der Waals surface area contributed by atoms with E-state index in [1.807, 2.05) is 26.0 Å². The van der Waals surface area contributed by atoms with Crippen molar-refractivity contribution in [1.82, 2.24) is 10.3 Å². The minimum Gasteiger partial charge on any atom is -0.351 e. The molecule has 136 valence electrons. The maximum Gasteiger partial charge on any atom is 0.267 e. The lowest BCUT2D eigenvalue weighted by molar-refractivity contribution is 0.0946. The lowest BCUT2D eigenvalue weighted by Crippen LogP contribution is -2.23. The molecule has 0 aliphatic rings. The summed E-state index contributed by atoms with van der Waals surface area (Å²) in [6.07, 6.45) is 1.10. The van der Waals surface area contributed by atoms with Gasteiger partial charge >= 0.3 is 0 Å². The fraction of sp³-hybridized carbons (Fsp3) is 0.211. The van der Waals surface area contributed by atoms with Gasteiger partial charge in [-0.1, -0.05) is 18.2 Å². The molecule has 0 saturated heterocycles. The Hall–Kier alpha value is -2.80. The molecule has 0 fully saturated rings. The van der Waals surface area contributed by atoms with Crippen LogP contribution in [0.3, 0.4) is 0 Å². The molecule has 3 aromatic rings. The molecule has 0 radical (unpaired) electrons. The molecule has 0 bridgehead atoms. The molecule has 6 nitrogen and oxygen atoms in total. The monoisotopic (exact) mass is 371 g/mol. The Kier molecular flexibility index (Phi) is 4.73. The summed E-state index contributed by atoms with van der Waals surface area (Å²) in [5.74, 6) is -0.184. The van der Waals surface area contributed by atoms with E-state index in [0.717, 1.165) is 33.8 Å². The highest BCUT2D eigenvalue weighted by Crippen LogP contribution is 2.21. The van der Waals surface area contributed by atoms with Gasteiger partial charge in [0.15, 0.2) is 0 Å². The number of aromatic nitrogens is 1. The highest BCUT2D eigenvalue weighted by atomic mass is 32.2. The second-order valence-corrected chi connectivity index (χ2v) is 8.23. The third-order valence-electron chi connectivity index (χ3n) is 4.04. The first-order valence-corrected chi connectivity index (χ1v) is 10.1. The van der Waals surface area contributed by atoms with E-state index in [0.29, 0.717) is 17.9 Å². The molecule has 1 heterocycles. The Morgan fingerprint density at radius 1 is 1.08 bits per heavy atom. The zero-order valence-electron chi connectivity index (χ0n) is 14.9. The average molecular weight is 371 g/mol. The van der Waals surface area contributed by atoms with Crippen molar-refractivity contribution in [1.29, 1.82) is 0 Å². The van der Waals surface area contributed by atoms with E-state index in [1.165, 1.54) is 0 Å². The number of carbonyl (C=O) groups excluding carboxylic acids is 1. The quantitative estimate of drug-likeness (QED) is 0.644. The number of sulfonamides is 1. The third-order valence-corrected chi connectivity index (χ3v) is 4.65. The summed E-state index contributed by atoms with van der Waals surface area (Å²) in [4.78, 5) is 15.6. The predicted molar refractivity (Wildman–Crippen MR) is 104 cm³/mol. The molecule has 0 atom stereocenters. The highest BCUT2D eigenvalue weighted by Gasteiger charge is 2.11. The molecule has 0 spiro atoms. The van der Waals surface area contributed by atoms with Crippen LogP contribution in [0.15, 0.2) is 42.5 Å². The van der Waals surface area contributed by atoms with Gasteiger partial charge in [0.25, 0.3) is 5.91 Å². The van der Waals surface area contributed by atoms with Gasteiger partial charge in [-0.3, -0.25) is 9.52 Å². The van der Waals surface area contributed by atoms with Crippen LogP contribution in [-0.4, -0.2) is 25.6 Å². The molecule has 3 rings (SSSR count). The van der Waals surface area contributed by atoms with Crippen LogP contribution in [0.5, 0.6) is 0 Å². The summed E-state index contributed by atoms with van der Waals surface area (Å²) in [5, 5.41) is 3.91. The van der Waals surface area contributed by atoms with Gasteiger partial charge in [-0.2, -0.15) is 0 Å². The van der Waals surface area contributed by atoms with Crippen LogP contribution in [0.25, 0.3) is 10.9 Å². The van der Waals surface area contributed by atoms with Gasteiger partial charge in [0.1, 0.15) is 5.69 Å². The second-order valence-electron chi connectivity index (χ2n) is 6.48. The van der Waals surface area contributed by atoms with E-state index in [9.17, 15) is 13.2 Å². The summed E-state index contributed by atoms with van der Waals surface area (Å²) >= 11 is 0. The normalized spacial score (nSPS) is 11.5. The molecule has 0 aliphatic heterocycles. The van der Waals surface area contributed by atoms with E-state index >= 15 is 0 Å². The van der Waals surface area contributed by atoms with Gasteiger partial charge in [0, 0.05) is 23.1 Å². The van der Waals surface area contributed by atoms with Crippen LogP contribution in [0.4, 0.5) is 5.69 Å². The van der Waals surface area contributed by atoms with E-state index in [1.54, 1.807) is 24.3 Å². The van der Waals surface area contributed by atoms with Crippen molar-refractivity contribution in [3.05, 3.63) is 64.8 Å². The van der Waals surface area contributed by atoms with E-state index < -0.39 is 10.0 Å². The highest BCUT2D eigenvalue weighted by molar-refractivity contribution is 7.92. The van der Waals surface area contributed by atoms with Gasteiger partial charge in [-0.05, 0) is 54.8 Å². The summed E-state index contributed by atoms with van der Waals surface area (Å²) < 4.78 is 24.8. The van der Waals surface area contributed by atoms with Crippen LogP contribution in [0.1, 0.15) is 27.2 Å². The summed E-state index contributed by atoms with van der Waals surface area (Å²) in [5.41, 5.74) is 5.10. The number of carbonyl (C=O) groups is 1. The molecule has 3 N–H and O–H groups in total. The van der Waals surface area contributed by atoms with E-state index in [4.69, 9.17) is 0 Å². The molecular formula is C19H21N3O3S. The van der Waals surface area contributed by atoms with Gasteiger partial charge < -0.3 is 10.3 Å². The van der Waals surface area contributed by atoms with Gasteiger partial charge in [0.2, 0.25) is 10.0 Å². The molecule has 0 saturated carbocycles. The Labute approximate surface area is 152 Å². The van der Waals surface area contributed by atoms with Crippen molar-refractivity contribution in [3.63, 3.8) is 0 Å². The fourth-order valence-corrected chi connectivity index (χ4v) is 3.47. The number of hydrogen-bond acceptors (Lipinski definition) is 3. The van der Waals surface area contributed by atoms with Crippen LogP contribution in [0.2, 0.25) is 0 Å². The summed E-state index contributed by atoms with van der Waals surface area (Å²) in [7, 11) is -3.30. The zero-order chi connectivity index (χ0) is 18.9. The first-order valence-electron chi connectivity index (χ1n) is 8.16. The molecule has 7 heteroatoms. The fourth-order valence-electron chi connectivity index (χ4n) is 2.90. The SMILES string of the molecule is Cc1cc(C)c2cc(C(=O)NCc3ccc(NS(C)(=O)=O)cc3)[nH]c2c1. The van der Waals surface area contributed by atoms with Crippen molar-refractivity contribution in [2.45, 2.75) is 20.4 Å². The molecule has 0 aliphatic carbocycles. The van der Waals surface area contributed by atoms with Crippen molar-refractivity contribution in [3.8, 4) is 0 Å². The number of aryl methyl sites for hydroxylation is 2. The number of nitrogens with one attached hydrogen (secondary N) is 3. The molecule has 2 aromatic carbocycles. The number of rotatable bonds is 5. The van der Waals surface area contributed by atoms with E-state index in [-0.39, 0.29) is 5.91 Å². The Balaban J connectivity index is 1.68. The number of benzene rings is 2. The second kappa shape index (κ2) is 6.84. The molecule has 1 aromatic heterocycles. The van der Waals surface area contributed by atoms with Gasteiger partial charge in [-0.25, -0.2) is 8.42 Å². The average Bonchev–Trinajstić information content (AvgIpc) is 2.97. The van der Waals surface area contributed by atoms with Crippen molar-refractivity contribution in [2.24, 2.45) is 0 Å². The maximum absolute atomic E-state index is 12.4. The lowest BCUT2D eigenvalue weighted by Gasteiger charge is -2.07. The molecule has 1 amide bonds. The van der Waals surface area contributed by atoms with E-state index in [2.05, 4.69) is 21.1 Å². The number of H-pyrrole nitrogens is 1. The Morgan fingerprint density at radius 2 is 1.77 bits per heavy atom. The van der Waals surface area contributed by atoms with Crippen LogP contribution < -0.4 is 10.0 Å². The standard InChI is InChI=1S/C19H21N3O3S/c1-12-8-13(2)16-10-18(21-17(16)9-12)19(23)20-11-14-4-6-15(7-5-14)22-26(3,24)25/h4-10,21-22H,11H2,1-3H3,(H,20,23). The Bertz CT molecular complexity index is 1070. The van der Waals surface area contributed by atoms with Gasteiger partial charge in [-0.15, -0.1) is 0 Å². The number of hydrogen-bond donors (Lipinski definition) is 3. The molecule has 26 heavy (non-hydrogen) atoms. The summed E-state index contributed by atoms with van der Waals surface area (Å²) in [6.45, 7) is 4.40. The number of fused-ring (bicyclic) bond motifs is 1. The zero-order valence-corrected chi connectivity index (χ0v) is 15.7. The largest absolute Gasteiger partial charge is 0.351 e. The number of amides is 1. The predicted octanol–water partition coefficient (Wildman–Crippen LogP) is 3.09. The van der Waals surface area contributed by atoms with Crippen molar-refractivity contribution in [2.75, 3.05) is 11.0 Å². The Morgan fingerprint density at radius 3 is 2.42 bits per heavy atom. The minimum atomic E-state index is -3.30. The smallest absolute Gasteiger partial charge is 0.267 e. The first kappa shape index (κ1) is 18.0. The van der Waals surface area contributed by atoms with Crippen LogP contribution >= 0.6 is 0 Å². The van der Waals surface area contributed by atoms with Crippen LogP contribution in [0, 0.1) is 13.8 Å². The van der Waals surface area contributed by atoms with Crippen LogP contribution in [-0.2, 0) is 16.6 Å². The lowest BCUT2D eigenvalue weighted by atomic mass is 10.1. The third kappa shape index (κ3) is 4.23. The molecular weight excluding hydrogens is 350 g/mol. The van der Waals surface area contributed by atoms with Crippen molar-refractivity contribution >= 4 is 32.5 Å². The summed E-state index contributed by atoms with van der Waals surface area (Å²) in [6, 6.07) is 12.8. The number of anilines is 1. The topological polar surface area (TPSA) is 91.1 Å². The van der Waals surface area contributed by atoms with Gasteiger partial charge in [0.05, 0.1) is 6.26 Å².